The lowest BCUT2D eigenvalue weighted by Gasteiger charge is -2.20. The zero-order chi connectivity index (χ0) is 16.8. The van der Waals surface area contributed by atoms with Gasteiger partial charge in [0.05, 0.1) is 17.7 Å². The summed E-state index contributed by atoms with van der Waals surface area (Å²) in [6.07, 6.45) is 1.74. The molecule has 0 bridgehead atoms. The molecule has 2 aromatic carbocycles. The van der Waals surface area contributed by atoms with Gasteiger partial charge in [0.2, 0.25) is 5.91 Å². The molecule has 1 aromatic heterocycles. The Labute approximate surface area is 142 Å². The maximum absolute atomic E-state index is 12.4. The van der Waals surface area contributed by atoms with E-state index in [1.807, 2.05) is 48.5 Å². The fourth-order valence-electron chi connectivity index (χ4n) is 2.72. The van der Waals surface area contributed by atoms with Crippen molar-refractivity contribution < 1.29 is 4.79 Å². The van der Waals surface area contributed by atoms with Crippen LogP contribution in [0.3, 0.4) is 0 Å². The number of rotatable bonds is 6. The molecule has 0 spiro atoms. The molecule has 1 heterocycles. The van der Waals surface area contributed by atoms with Crippen LogP contribution in [0.15, 0.2) is 66.9 Å². The van der Waals surface area contributed by atoms with E-state index >= 15 is 0 Å². The second-order valence-electron chi connectivity index (χ2n) is 5.72. The molecule has 0 unspecified atom stereocenters. The molecule has 0 aliphatic carbocycles. The first-order valence-corrected chi connectivity index (χ1v) is 8.16. The van der Waals surface area contributed by atoms with E-state index in [0.29, 0.717) is 6.54 Å². The molecule has 3 rings (SSSR count). The number of anilines is 1. The highest BCUT2D eigenvalue weighted by Crippen LogP contribution is 2.20. The number of amides is 1. The maximum Gasteiger partial charge on any atom is 0.238 e. The third-order valence-corrected chi connectivity index (χ3v) is 3.97. The molecule has 0 atom stereocenters. The fourth-order valence-corrected chi connectivity index (χ4v) is 2.72. The van der Waals surface area contributed by atoms with E-state index in [1.165, 1.54) is 5.56 Å². The van der Waals surface area contributed by atoms with Gasteiger partial charge in [-0.2, -0.15) is 0 Å². The van der Waals surface area contributed by atoms with E-state index in [2.05, 4.69) is 34.3 Å². The van der Waals surface area contributed by atoms with Crippen LogP contribution in [-0.2, 0) is 11.3 Å². The van der Waals surface area contributed by atoms with Gasteiger partial charge >= 0.3 is 0 Å². The van der Waals surface area contributed by atoms with E-state index in [0.717, 1.165) is 29.7 Å². The molecule has 0 aliphatic rings. The van der Waals surface area contributed by atoms with Gasteiger partial charge < -0.3 is 5.32 Å². The van der Waals surface area contributed by atoms with Crippen molar-refractivity contribution in [1.82, 2.24) is 9.88 Å². The molecule has 0 saturated heterocycles. The highest BCUT2D eigenvalue weighted by Gasteiger charge is 2.11. The van der Waals surface area contributed by atoms with Crippen LogP contribution in [0.2, 0.25) is 0 Å². The number of para-hydroxylation sites is 1. The highest BCUT2D eigenvalue weighted by molar-refractivity contribution is 6.00. The molecule has 1 N–H and O–H groups in total. The number of fused-ring (bicyclic) bond motifs is 1. The third kappa shape index (κ3) is 3.97. The minimum atomic E-state index is -0.0223. The smallest absolute Gasteiger partial charge is 0.238 e. The standard InChI is InChI=1S/C20H21N3O/c1-2-23(14-16-8-4-3-5-9-16)15-19(24)22-18-12-6-10-17-11-7-13-21-20(17)18/h3-13H,2,14-15H2,1H3,(H,22,24). The molecule has 4 nitrogen and oxygen atoms in total. The van der Waals surface area contributed by atoms with Crippen molar-refractivity contribution in [2.45, 2.75) is 13.5 Å². The van der Waals surface area contributed by atoms with Gasteiger partial charge in [0.15, 0.2) is 0 Å². The quantitative estimate of drug-likeness (QED) is 0.753. The Kier molecular flexibility index (Phi) is 5.18. The first kappa shape index (κ1) is 16.1. The van der Waals surface area contributed by atoms with Crippen molar-refractivity contribution in [3.05, 3.63) is 72.4 Å². The summed E-state index contributed by atoms with van der Waals surface area (Å²) in [4.78, 5) is 18.9. The second kappa shape index (κ2) is 7.70. The van der Waals surface area contributed by atoms with Gasteiger partial charge in [0, 0.05) is 18.1 Å². The molecule has 122 valence electrons. The summed E-state index contributed by atoms with van der Waals surface area (Å²) in [5.41, 5.74) is 2.78. The number of nitrogens with zero attached hydrogens (tertiary/aromatic N) is 2. The van der Waals surface area contributed by atoms with Gasteiger partial charge in [-0.15, -0.1) is 0 Å². The van der Waals surface area contributed by atoms with Crippen molar-refractivity contribution in [2.24, 2.45) is 0 Å². The first-order valence-electron chi connectivity index (χ1n) is 8.16. The Bertz CT molecular complexity index is 812. The number of carbonyl (C=O) groups excluding carboxylic acids is 1. The average Bonchev–Trinajstić information content (AvgIpc) is 2.62. The predicted octanol–water partition coefficient (Wildman–Crippen LogP) is 3.70. The summed E-state index contributed by atoms with van der Waals surface area (Å²) in [7, 11) is 0. The van der Waals surface area contributed by atoms with Gasteiger partial charge in [-0.05, 0) is 24.2 Å². The molecule has 0 radical (unpaired) electrons. The number of pyridine rings is 1. The Morgan fingerprint density at radius 2 is 1.83 bits per heavy atom. The average molecular weight is 319 g/mol. The number of hydrogen-bond donors (Lipinski definition) is 1. The Balaban J connectivity index is 1.67. The molecule has 24 heavy (non-hydrogen) atoms. The number of likely N-dealkylation sites (N-methyl/N-ethyl adjacent to an activating group) is 1. The van der Waals surface area contributed by atoms with E-state index in [4.69, 9.17) is 0 Å². The largest absolute Gasteiger partial charge is 0.323 e. The summed E-state index contributed by atoms with van der Waals surface area (Å²) in [6, 6.07) is 19.9. The van der Waals surface area contributed by atoms with Crippen LogP contribution < -0.4 is 5.32 Å². The monoisotopic (exact) mass is 319 g/mol. The SMILES string of the molecule is CCN(CC(=O)Nc1cccc2cccnc12)Cc1ccccc1. The van der Waals surface area contributed by atoms with Crippen molar-refractivity contribution in [1.29, 1.82) is 0 Å². The van der Waals surface area contributed by atoms with E-state index in [-0.39, 0.29) is 5.91 Å². The van der Waals surface area contributed by atoms with Gasteiger partial charge in [-0.3, -0.25) is 14.7 Å². The fraction of sp³-hybridized carbons (Fsp3) is 0.200. The van der Waals surface area contributed by atoms with E-state index in [9.17, 15) is 4.79 Å². The molecular weight excluding hydrogens is 298 g/mol. The summed E-state index contributed by atoms with van der Waals surface area (Å²) in [6.45, 7) is 4.00. The zero-order valence-corrected chi connectivity index (χ0v) is 13.8. The molecule has 1 amide bonds. The van der Waals surface area contributed by atoms with E-state index in [1.54, 1.807) is 6.20 Å². The van der Waals surface area contributed by atoms with Crippen LogP contribution >= 0.6 is 0 Å². The van der Waals surface area contributed by atoms with Crippen molar-refractivity contribution in [3.8, 4) is 0 Å². The lowest BCUT2D eigenvalue weighted by Crippen LogP contribution is -2.32. The minimum Gasteiger partial charge on any atom is -0.323 e. The summed E-state index contributed by atoms with van der Waals surface area (Å²) >= 11 is 0. The van der Waals surface area contributed by atoms with Crippen molar-refractivity contribution >= 4 is 22.5 Å². The summed E-state index contributed by atoms with van der Waals surface area (Å²) in [5.74, 6) is -0.0223. The third-order valence-electron chi connectivity index (χ3n) is 3.97. The summed E-state index contributed by atoms with van der Waals surface area (Å²) in [5, 5.41) is 4.01. The molecular formula is C20H21N3O. The molecule has 0 aliphatic heterocycles. The van der Waals surface area contributed by atoms with E-state index < -0.39 is 0 Å². The first-order chi connectivity index (χ1) is 11.8. The molecule has 3 aromatic rings. The van der Waals surface area contributed by atoms with Gasteiger partial charge in [-0.25, -0.2) is 0 Å². The van der Waals surface area contributed by atoms with Crippen LogP contribution in [0.25, 0.3) is 10.9 Å². The highest BCUT2D eigenvalue weighted by atomic mass is 16.2. The Hall–Kier alpha value is -2.72. The minimum absolute atomic E-state index is 0.0223. The van der Waals surface area contributed by atoms with Gasteiger partial charge in [-0.1, -0.05) is 55.5 Å². The Morgan fingerprint density at radius 3 is 2.62 bits per heavy atom. The van der Waals surface area contributed by atoms with Crippen LogP contribution in [0.5, 0.6) is 0 Å². The topological polar surface area (TPSA) is 45.2 Å². The van der Waals surface area contributed by atoms with Crippen molar-refractivity contribution in [3.63, 3.8) is 0 Å². The Morgan fingerprint density at radius 1 is 1.04 bits per heavy atom. The van der Waals surface area contributed by atoms with Crippen LogP contribution in [0.4, 0.5) is 5.69 Å². The number of carbonyl (C=O) groups is 1. The molecule has 0 fully saturated rings. The van der Waals surface area contributed by atoms with Gasteiger partial charge in [0.1, 0.15) is 0 Å². The zero-order valence-electron chi connectivity index (χ0n) is 13.8. The number of hydrogen-bond acceptors (Lipinski definition) is 3. The maximum atomic E-state index is 12.4. The van der Waals surface area contributed by atoms with Crippen LogP contribution in [0, 0.1) is 0 Å². The second-order valence-corrected chi connectivity index (χ2v) is 5.72. The predicted molar refractivity (Wildman–Crippen MR) is 97.8 cm³/mol. The normalized spacial score (nSPS) is 10.9. The number of nitrogens with one attached hydrogen (secondary N) is 1. The van der Waals surface area contributed by atoms with Gasteiger partial charge in [0.25, 0.3) is 0 Å². The van der Waals surface area contributed by atoms with Crippen LogP contribution in [0.1, 0.15) is 12.5 Å². The number of aromatic nitrogens is 1. The van der Waals surface area contributed by atoms with Crippen LogP contribution in [-0.4, -0.2) is 28.9 Å². The lowest BCUT2D eigenvalue weighted by atomic mass is 10.2. The lowest BCUT2D eigenvalue weighted by molar-refractivity contribution is -0.117. The molecule has 4 heteroatoms. The van der Waals surface area contributed by atoms with Crippen molar-refractivity contribution in [2.75, 3.05) is 18.4 Å². The summed E-state index contributed by atoms with van der Waals surface area (Å²) < 4.78 is 0. The molecule has 0 saturated carbocycles. The number of benzene rings is 2.